The summed E-state index contributed by atoms with van der Waals surface area (Å²) in [7, 11) is 0. The van der Waals surface area contributed by atoms with Gasteiger partial charge in [-0.3, -0.25) is 10.1 Å². The number of benzene rings is 3. The number of nitrogen functional groups attached to an aromatic ring is 4. The highest BCUT2D eigenvalue weighted by Crippen LogP contribution is 2.45. The zero-order chi connectivity index (χ0) is 68.1. The minimum atomic E-state index is -0.548. The number of morpholine rings is 4. The normalized spacial score (nSPS) is 19.4. The number of anilines is 8. The van der Waals surface area contributed by atoms with Crippen LogP contribution < -0.4 is 42.5 Å². The number of nitrogens with one attached hydrogen (secondary N) is 1. The summed E-state index contributed by atoms with van der Waals surface area (Å²) in [6.07, 6.45) is 0. The second-order valence-corrected chi connectivity index (χ2v) is 26.9. The molecule has 0 bridgehead atoms. The average molecular weight is 1350 g/mol. The Morgan fingerprint density at radius 3 is 1.15 bits per heavy atom. The maximum absolute atomic E-state index is 11.3. The van der Waals surface area contributed by atoms with Gasteiger partial charge >= 0.3 is 0 Å². The molecule has 4 fully saturated rings. The molecule has 8 aromatic rings. The van der Waals surface area contributed by atoms with Gasteiger partial charge < -0.3 is 85.4 Å². The van der Waals surface area contributed by atoms with Crippen LogP contribution in [-0.2, 0) is 86.7 Å². The molecule has 512 valence electrons. The van der Waals surface area contributed by atoms with Crippen molar-refractivity contribution in [3.8, 4) is 34.2 Å². The molecule has 3 aromatic carbocycles. The number of ether oxygens (including phenoxy) is 8. The minimum absolute atomic E-state index is 0.113. The van der Waals surface area contributed by atoms with Crippen molar-refractivity contribution in [2.45, 2.75) is 104 Å². The van der Waals surface area contributed by atoms with Gasteiger partial charge in [-0.05, 0) is 116 Å². The summed E-state index contributed by atoms with van der Waals surface area (Å²) in [5, 5.41) is 11.5. The standard InChI is InChI=1S/C19H22N6O2.C18H21N5O4.C18H23N5O2.C12H16ClN3O2/c1-19(2)15-12(10-27-19)17(25-5-7-26-8-6-25)24-16(23-15)11-3-4-13-14(9-11)22-18(20)21-13;1-18(2)15-12(10-27-18)17(22-5-7-26-8-6-22)21-16(20-15)11-3-4-13(19)14(9-11)23(24)25;1-18(2)15-12(10-25-18)17(23-5-7-24-8-6-23)22-16(21-15)11-3-4-13(19)14(20)9-11;1-12(2)9-8(7-18-12)10(15-11(13)14-9)16-3-5-17-6-4-16/h3-4,9H,5-8,10H2,1-2H3,(H3,20,21,22);3-4,9H,5-8,10,19H2,1-2H3;3-4,9H,5-8,10,19-20H2,1-2H3;3-7H2,1-2H3. The first kappa shape index (κ1) is 66.8. The first-order valence-electron chi connectivity index (χ1n) is 32.5. The van der Waals surface area contributed by atoms with Crippen molar-refractivity contribution in [3.63, 3.8) is 0 Å². The highest BCUT2D eigenvalue weighted by molar-refractivity contribution is 6.28. The van der Waals surface area contributed by atoms with Crippen molar-refractivity contribution in [2.75, 3.05) is 148 Å². The van der Waals surface area contributed by atoms with Crippen molar-refractivity contribution in [1.82, 2.24) is 49.8 Å². The Balaban J connectivity index is 0.000000118. The van der Waals surface area contributed by atoms with Gasteiger partial charge in [-0.2, -0.15) is 0 Å². The van der Waals surface area contributed by atoms with Crippen molar-refractivity contribution < 1.29 is 42.8 Å². The Morgan fingerprint density at radius 1 is 0.433 bits per heavy atom. The van der Waals surface area contributed by atoms with Crippen LogP contribution in [-0.4, -0.2) is 160 Å². The highest BCUT2D eigenvalue weighted by atomic mass is 35.5. The van der Waals surface area contributed by atoms with Crippen molar-refractivity contribution in [1.29, 1.82) is 0 Å². The Bertz CT molecular complexity index is 4280. The predicted octanol–water partition coefficient (Wildman–Crippen LogP) is 8.08. The van der Waals surface area contributed by atoms with Crippen molar-refractivity contribution in [2.24, 2.45) is 0 Å². The van der Waals surface area contributed by atoms with E-state index in [1.54, 1.807) is 12.1 Å². The van der Waals surface area contributed by atoms with Gasteiger partial charge in [0, 0.05) is 97.4 Å². The van der Waals surface area contributed by atoms with Crippen LogP contribution >= 0.6 is 11.6 Å². The Labute approximate surface area is 566 Å². The third kappa shape index (κ3) is 13.8. The van der Waals surface area contributed by atoms with E-state index in [1.807, 2.05) is 71.9 Å². The SMILES string of the molecule is CC1(C)OCc2c(N3CCOCC3)nc(-c3ccc(N)c(N)c3)nc21.CC1(C)OCc2c(N3CCOCC3)nc(-c3ccc(N)c([N+](=O)[O-])c3)nc21.CC1(C)OCc2c(N3CCOCC3)nc(-c3ccc4nc(N)[nH]c4c3)nc21.CC1(C)OCc2c(N3CCOCC3)nc(Cl)nc21. The number of fused-ring (bicyclic) bond motifs is 5. The van der Waals surface area contributed by atoms with Gasteiger partial charge in [-0.15, -0.1) is 0 Å². The topological polar surface area (TPSA) is 366 Å². The lowest BCUT2D eigenvalue weighted by atomic mass is 10.0. The van der Waals surface area contributed by atoms with Crippen LogP contribution in [0.3, 0.4) is 0 Å². The van der Waals surface area contributed by atoms with Crippen LogP contribution in [0.2, 0.25) is 5.28 Å². The molecule has 0 radical (unpaired) electrons. The number of halogens is 1. The maximum Gasteiger partial charge on any atom is 0.292 e. The fourth-order valence-electron chi connectivity index (χ4n) is 12.9. The molecule has 0 unspecified atom stereocenters. The zero-order valence-corrected chi connectivity index (χ0v) is 56.6. The molecule has 13 heterocycles. The smallest absolute Gasteiger partial charge is 0.292 e. The minimum Gasteiger partial charge on any atom is -0.397 e. The Kier molecular flexibility index (Phi) is 18.5. The van der Waals surface area contributed by atoms with Gasteiger partial charge in [0.15, 0.2) is 23.4 Å². The lowest BCUT2D eigenvalue weighted by Crippen LogP contribution is -2.37. The number of aromatic nitrogens is 10. The number of H-pyrrole nitrogens is 1. The summed E-state index contributed by atoms with van der Waals surface area (Å²) in [5.74, 6) is 5.76. The van der Waals surface area contributed by atoms with Gasteiger partial charge in [0.2, 0.25) is 5.28 Å². The molecule has 0 saturated carbocycles. The fraction of sp³-hybridized carbons (Fsp3) is 0.478. The van der Waals surface area contributed by atoms with E-state index >= 15 is 0 Å². The van der Waals surface area contributed by atoms with Crippen LogP contribution in [0, 0.1) is 10.1 Å². The number of nitrogens with zero attached hydrogens (tertiary/aromatic N) is 14. The number of rotatable bonds is 8. The molecule has 0 atom stereocenters. The van der Waals surface area contributed by atoms with Crippen LogP contribution in [0.15, 0.2) is 54.6 Å². The largest absolute Gasteiger partial charge is 0.397 e. The van der Waals surface area contributed by atoms with E-state index in [0.717, 1.165) is 156 Å². The molecule has 30 heteroatoms. The Hall–Kier alpha value is -8.78. The molecule has 0 amide bonds. The van der Waals surface area contributed by atoms with Crippen LogP contribution in [0.5, 0.6) is 0 Å². The highest BCUT2D eigenvalue weighted by Gasteiger charge is 2.41. The predicted molar refractivity (Wildman–Crippen MR) is 367 cm³/mol. The second-order valence-electron chi connectivity index (χ2n) is 26.6. The van der Waals surface area contributed by atoms with E-state index in [0.29, 0.717) is 106 Å². The number of nitro groups is 1. The molecule has 4 saturated heterocycles. The number of hydrogen-bond donors (Lipinski definition) is 5. The summed E-state index contributed by atoms with van der Waals surface area (Å²) >= 11 is 6.04. The van der Waals surface area contributed by atoms with Gasteiger partial charge in [0.25, 0.3) is 5.69 Å². The lowest BCUT2D eigenvalue weighted by Gasteiger charge is -2.29. The number of imidazole rings is 1. The molecule has 16 rings (SSSR count). The summed E-state index contributed by atoms with van der Waals surface area (Å²) in [5.41, 5.74) is 34.4. The van der Waals surface area contributed by atoms with Gasteiger partial charge in [-0.1, -0.05) is 0 Å². The number of nitro benzene ring substituents is 1. The van der Waals surface area contributed by atoms with Crippen molar-refractivity contribution in [3.05, 3.63) is 115 Å². The molecule has 0 spiro atoms. The molecule has 5 aromatic heterocycles. The molecular weight excluding hydrogens is 1270 g/mol. The first-order valence-corrected chi connectivity index (χ1v) is 32.9. The molecule has 29 nitrogen and oxygen atoms in total. The van der Waals surface area contributed by atoms with Gasteiger partial charge in [0.05, 0.1) is 129 Å². The van der Waals surface area contributed by atoms with E-state index in [9.17, 15) is 10.1 Å². The molecule has 97 heavy (non-hydrogen) atoms. The van der Waals surface area contributed by atoms with E-state index in [2.05, 4.69) is 53.4 Å². The fourth-order valence-corrected chi connectivity index (χ4v) is 13.1. The molecule has 8 aliphatic rings. The molecule has 9 N–H and O–H groups in total. The van der Waals surface area contributed by atoms with E-state index in [4.69, 9.17) is 102 Å². The van der Waals surface area contributed by atoms with Crippen LogP contribution in [0.25, 0.3) is 45.2 Å². The van der Waals surface area contributed by atoms with Crippen LogP contribution in [0.4, 0.5) is 52.0 Å². The Morgan fingerprint density at radius 2 is 0.773 bits per heavy atom. The third-order valence-corrected chi connectivity index (χ3v) is 18.5. The summed E-state index contributed by atoms with van der Waals surface area (Å²) in [6, 6.07) is 16.1. The zero-order valence-electron chi connectivity index (χ0n) is 55.9. The molecule has 0 aliphatic carbocycles. The van der Waals surface area contributed by atoms with Crippen molar-refractivity contribution >= 4 is 74.6 Å². The van der Waals surface area contributed by atoms with Crippen LogP contribution in [0.1, 0.15) is 100 Å². The van der Waals surface area contributed by atoms with Gasteiger partial charge in [0.1, 0.15) is 51.4 Å². The number of aromatic amines is 1. The molecule has 8 aliphatic heterocycles. The summed E-state index contributed by atoms with van der Waals surface area (Å²) in [4.78, 5) is 64.6. The second kappa shape index (κ2) is 26.9. The molecular formula is C67H82ClN19O10. The first-order chi connectivity index (χ1) is 46.4. The number of hydrogen-bond acceptors (Lipinski definition) is 27. The lowest BCUT2D eigenvalue weighted by molar-refractivity contribution is -0.383. The van der Waals surface area contributed by atoms with E-state index in [1.165, 1.54) is 12.1 Å². The number of nitrogens with two attached hydrogens (primary N) is 4. The quantitative estimate of drug-likeness (QED) is 0.0415. The maximum atomic E-state index is 11.3. The monoisotopic (exact) mass is 1350 g/mol. The average Bonchev–Trinajstić information content (AvgIpc) is 1.60. The third-order valence-electron chi connectivity index (χ3n) is 18.3. The van der Waals surface area contributed by atoms with E-state index < -0.39 is 21.7 Å². The van der Waals surface area contributed by atoms with E-state index in [-0.39, 0.29) is 22.3 Å². The van der Waals surface area contributed by atoms with Gasteiger partial charge in [-0.25, -0.2) is 44.9 Å². The summed E-state index contributed by atoms with van der Waals surface area (Å²) in [6.45, 7) is 30.1. The summed E-state index contributed by atoms with van der Waals surface area (Å²) < 4.78 is 45.5.